The summed E-state index contributed by atoms with van der Waals surface area (Å²) in [5, 5.41) is 5.98. The summed E-state index contributed by atoms with van der Waals surface area (Å²) in [7, 11) is 3.24. The van der Waals surface area contributed by atoms with E-state index in [-0.39, 0.29) is 11.8 Å². The molecule has 0 aromatic heterocycles. The number of rotatable bonds is 13. The molecule has 42 heavy (non-hydrogen) atoms. The smallest absolute Gasteiger partial charge is 0.255 e. The third kappa shape index (κ3) is 8.19. The van der Waals surface area contributed by atoms with E-state index in [2.05, 4.69) is 10.6 Å². The van der Waals surface area contributed by atoms with Crippen molar-refractivity contribution in [3.8, 4) is 22.6 Å². The second-order valence-corrected chi connectivity index (χ2v) is 9.70. The number of carbonyl (C=O) groups is 2. The third-order valence-electron chi connectivity index (χ3n) is 6.63. The molecule has 0 aliphatic heterocycles. The first kappa shape index (κ1) is 30.3. The monoisotopic (exact) mass is 568 g/mol. The van der Waals surface area contributed by atoms with Crippen molar-refractivity contribution in [2.24, 2.45) is 0 Å². The summed E-state index contributed by atoms with van der Waals surface area (Å²) >= 11 is 0. The van der Waals surface area contributed by atoms with Gasteiger partial charge in [-0.2, -0.15) is 0 Å². The first-order chi connectivity index (χ1) is 20.4. The number of methoxy groups -OCH3 is 2. The number of nitrogens with one attached hydrogen (secondary N) is 2. The maximum atomic E-state index is 12.8. The van der Waals surface area contributed by atoms with Crippen molar-refractivity contribution in [2.75, 3.05) is 51.3 Å². The summed E-state index contributed by atoms with van der Waals surface area (Å²) < 4.78 is 21.1. The van der Waals surface area contributed by atoms with Crippen LogP contribution in [0.2, 0.25) is 0 Å². The molecule has 0 spiro atoms. The molecule has 0 unspecified atom stereocenters. The topological polar surface area (TPSA) is 95.1 Å². The Hall–Kier alpha value is -4.66. The van der Waals surface area contributed by atoms with Gasteiger partial charge < -0.3 is 29.6 Å². The van der Waals surface area contributed by atoms with Gasteiger partial charge in [-0.25, -0.2) is 0 Å². The molecule has 0 radical (unpaired) electrons. The first-order valence-corrected chi connectivity index (χ1v) is 13.7. The maximum Gasteiger partial charge on any atom is 0.255 e. The van der Waals surface area contributed by atoms with Gasteiger partial charge in [-0.15, -0.1) is 0 Å². The molecule has 4 aromatic carbocycles. The second-order valence-electron chi connectivity index (χ2n) is 9.70. The number of hydrogen-bond acceptors (Lipinski definition) is 6. The van der Waals surface area contributed by atoms with Crippen LogP contribution in [0.4, 0.5) is 11.4 Å². The predicted octanol–water partition coefficient (Wildman–Crippen LogP) is 6.53. The summed E-state index contributed by atoms with van der Waals surface area (Å²) in [6.45, 7) is 5.82. The van der Waals surface area contributed by atoms with Crippen LogP contribution in [-0.4, -0.2) is 52.5 Å². The van der Waals surface area contributed by atoms with Crippen molar-refractivity contribution in [3.05, 3.63) is 107 Å². The van der Waals surface area contributed by atoms with Gasteiger partial charge in [0.05, 0.1) is 13.2 Å². The highest BCUT2D eigenvalue weighted by Gasteiger charge is 2.12. The van der Waals surface area contributed by atoms with Gasteiger partial charge in [-0.3, -0.25) is 9.59 Å². The summed E-state index contributed by atoms with van der Waals surface area (Å²) in [5.74, 6) is 0.975. The van der Waals surface area contributed by atoms with Crippen molar-refractivity contribution in [3.63, 3.8) is 0 Å². The molecular weight excluding hydrogens is 532 g/mol. The van der Waals surface area contributed by atoms with E-state index in [1.807, 2.05) is 50.2 Å². The molecule has 0 heterocycles. The van der Waals surface area contributed by atoms with Gasteiger partial charge in [-0.05, 0) is 109 Å². The lowest BCUT2D eigenvalue weighted by Gasteiger charge is -2.13. The van der Waals surface area contributed by atoms with Crippen LogP contribution in [0.1, 0.15) is 31.8 Å². The van der Waals surface area contributed by atoms with Crippen LogP contribution in [-0.2, 0) is 9.47 Å². The first-order valence-electron chi connectivity index (χ1n) is 13.7. The van der Waals surface area contributed by atoms with E-state index in [1.54, 1.807) is 62.8 Å². The normalized spacial score (nSPS) is 10.7. The Bertz CT molecular complexity index is 1380. The minimum atomic E-state index is -0.196. The van der Waals surface area contributed by atoms with Gasteiger partial charge in [0.2, 0.25) is 0 Å². The van der Waals surface area contributed by atoms with Crippen LogP contribution in [0.5, 0.6) is 11.5 Å². The largest absolute Gasteiger partial charge is 0.491 e. The highest BCUT2D eigenvalue weighted by Crippen LogP contribution is 2.29. The molecule has 0 atom stereocenters. The zero-order chi connectivity index (χ0) is 29.9. The Morgan fingerprint density at radius 2 is 0.929 bits per heavy atom. The minimum Gasteiger partial charge on any atom is -0.491 e. The van der Waals surface area contributed by atoms with E-state index in [4.69, 9.17) is 18.9 Å². The molecule has 4 rings (SSSR count). The maximum absolute atomic E-state index is 12.8. The number of hydrogen-bond donors (Lipinski definition) is 2. The molecule has 2 N–H and O–H groups in total. The molecule has 4 aromatic rings. The molecule has 0 bridgehead atoms. The average molecular weight is 569 g/mol. The molecule has 0 aliphatic carbocycles. The van der Waals surface area contributed by atoms with Crippen molar-refractivity contribution in [2.45, 2.75) is 13.8 Å². The van der Waals surface area contributed by atoms with Crippen molar-refractivity contribution in [1.82, 2.24) is 0 Å². The highest BCUT2D eigenvalue weighted by molar-refractivity contribution is 6.05. The summed E-state index contributed by atoms with van der Waals surface area (Å²) in [6.07, 6.45) is 0. The summed E-state index contributed by atoms with van der Waals surface area (Å²) in [4.78, 5) is 25.6. The Kier molecular flexibility index (Phi) is 10.7. The van der Waals surface area contributed by atoms with Crippen LogP contribution >= 0.6 is 0 Å². The van der Waals surface area contributed by atoms with Crippen LogP contribution in [0.15, 0.2) is 84.9 Å². The molecule has 0 fully saturated rings. The van der Waals surface area contributed by atoms with Crippen LogP contribution in [0, 0.1) is 13.8 Å². The van der Waals surface area contributed by atoms with Crippen molar-refractivity contribution in [1.29, 1.82) is 0 Å². The van der Waals surface area contributed by atoms with E-state index in [1.165, 1.54) is 0 Å². The SMILES string of the molecule is COCCOc1ccc(C(=O)Nc2ccc(-c3ccc(NC(=O)c4ccc(OCCOC)cc4)c(C)c3)cc2C)cc1. The molecule has 0 aliphatic rings. The molecule has 218 valence electrons. The molecule has 0 saturated heterocycles. The Labute approximate surface area is 246 Å². The molecular formula is C34H36N2O6. The van der Waals surface area contributed by atoms with Crippen LogP contribution < -0.4 is 20.1 Å². The van der Waals surface area contributed by atoms with Crippen LogP contribution in [0.25, 0.3) is 11.1 Å². The van der Waals surface area contributed by atoms with E-state index in [9.17, 15) is 9.59 Å². The zero-order valence-electron chi connectivity index (χ0n) is 24.4. The molecule has 8 nitrogen and oxygen atoms in total. The van der Waals surface area contributed by atoms with E-state index >= 15 is 0 Å². The quantitative estimate of drug-likeness (QED) is 0.178. The summed E-state index contributed by atoms with van der Waals surface area (Å²) in [6, 6.07) is 25.8. The number of ether oxygens (including phenoxy) is 4. The van der Waals surface area contributed by atoms with E-state index in [0.717, 1.165) is 33.6 Å². The van der Waals surface area contributed by atoms with E-state index in [0.29, 0.717) is 49.1 Å². The van der Waals surface area contributed by atoms with Gasteiger partial charge in [0.1, 0.15) is 24.7 Å². The van der Waals surface area contributed by atoms with Crippen LogP contribution in [0.3, 0.4) is 0 Å². The second kappa shape index (κ2) is 14.8. The lowest BCUT2D eigenvalue weighted by Crippen LogP contribution is -2.13. The fourth-order valence-corrected chi connectivity index (χ4v) is 4.25. The van der Waals surface area contributed by atoms with Gasteiger partial charge in [0, 0.05) is 36.7 Å². The predicted molar refractivity (Wildman–Crippen MR) is 165 cm³/mol. The van der Waals surface area contributed by atoms with Gasteiger partial charge in [0.25, 0.3) is 11.8 Å². The number of carbonyl (C=O) groups excluding carboxylic acids is 2. The van der Waals surface area contributed by atoms with Crippen molar-refractivity contribution < 1.29 is 28.5 Å². The standard InChI is InChI=1S/C34H36N2O6/c1-23-21-27(9-15-31(23)35-33(37)25-5-11-29(12-6-25)41-19-17-39-3)28-10-16-32(24(2)22-28)36-34(38)26-7-13-30(14-8-26)42-20-18-40-4/h5-16,21-22H,17-20H2,1-4H3,(H,35,37)(H,36,38). The average Bonchev–Trinajstić information content (AvgIpc) is 3.00. The fraction of sp³-hybridized carbons (Fsp3) is 0.235. The highest BCUT2D eigenvalue weighted by atomic mass is 16.5. The number of aryl methyl sites for hydroxylation is 2. The van der Waals surface area contributed by atoms with Crippen molar-refractivity contribution >= 4 is 23.2 Å². The molecule has 8 heteroatoms. The number of amides is 2. The zero-order valence-corrected chi connectivity index (χ0v) is 24.4. The molecule has 2 amide bonds. The van der Waals surface area contributed by atoms with Gasteiger partial charge in [0.15, 0.2) is 0 Å². The van der Waals surface area contributed by atoms with E-state index < -0.39 is 0 Å². The lowest BCUT2D eigenvalue weighted by atomic mass is 9.99. The Morgan fingerprint density at radius 1 is 0.548 bits per heavy atom. The fourth-order valence-electron chi connectivity index (χ4n) is 4.25. The van der Waals surface area contributed by atoms with Gasteiger partial charge >= 0.3 is 0 Å². The summed E-state index contributed by atoms with van der Waals surface area (Å²) in [5.41, 5.74) is 6.44. The third-order valence-corrected chi connectivity index (χ3v) is 6.63. The number of anilines is 2. The Morgan fingerprint density at radius 3 is 1.26 bits per heavy atom. The number of benzene rings is 4. The Balaban J connectivity index is 1.37. The van der Waals surface area contributed by atoms with Gasteiger partial charge in [-0.1, -0.05) is 12.1 Å². The lowest BCUT2D eigenvalue weighted by molar-refractivity contribution is 0.101. The molecule has 0 saturated carbocycles. The minimum absolute atomic E-state index is 0.196.